The number of rotatable bonds is 7. The summed E-state index contributed by atoms with van der Waals surface area (Å²) in [5.41, 5.74) is 4.12. The number of piperidine rings is 1. The molecule has 1 aromatic rings. The lowest BCUT2D eigenvalue weighted by atomic mass is 9.56. The van der Waals surface area contributed by atoms with E-state index in [-0.39, 0.29) is 12.5 Å². The minimum atomic E-state index is -1.29. The lowest BCUT2D eigenvalue weighted by molar-refractivity contribution is -0.147. The Morgan fingerprint density at radius 3 is 2.63 bits per heavy atom. The SMILES string of the molecule is CCCC1(O)C(C)N(C)CCC1(CC(=O)NC(N)=O)c1cc(OC)ccc1C(C)O. The zero-order chi connectivity index (χ0) is 22.7. The van der Waals surface area contributed by atoms with Crippen LogP contribution in [0.3, 0.4) is 0 Å². The first-order chi connectivity index (χ1) is 14.0. The number of aliphatic hydroxyl groups excluding tert-OH is 1. The minimum Gasteiger partial charge on any atom is -0.497 e. The van der Waals surface area contributed by atoms with Crippen LogP contribution < -0.4 is 15.8 Å². The highest BCUT2D eigenvalue weighted by Gasteiger charge is 2.58. The number of nitrogens with zero attached hydrogens (tertiary/aromatic N) is 1. The molecule has 0 aliphatic carbocycles. The largest absolute Gasteiger partial charge is 0.497 e. The molecule has 1 aromatic carbocycles. The fourth-order valence-corrected chi connectivity index (χ4v) is 4.97. The molecule has 5 N–H and O–H groups in total. The van der Waals surface area contributed by atoms with Gasteiger partial charge in [-0.2, -0.15) is 0 Å². The summed E-state index contributed by atoms with van der Waals surface area (Å²) >= 11 is 0. The van der Waals surface area contributed by atoms with Gasteiger partial charge in [-0.3, -0.25) is 10.1 Å². The Bertz CT molecular complexity index is 784. The highest BCUT2D eigenvalue weighted by Crippen LogP contribution is 2.52. The van der Waals surface area contributed by atoms with Gasteiger partial charge in [-0.1, -0.05) is 19.4 Å². The molecule has 8 nitrogen and oxygen atoms in total. The third-order valence-electron chi connectivity index (χ3n) is 6.65. The lowest BCUT2D eigenvalue weighted by Crippen LogP contribution is -2.68. The van der Waals surface area contributed by atoms with E-state index in [0.29, 0.717) is 42.7 Å². The molecule has 30 heavy (non-hydrogen) atoms. The van der Waals surface area contributed by atoms with Crippen LogP contribution in [0.5, 0.6) is 5.75 Å². The smallest absolute Gasteiger partial charge is 0.318 e. The van der Waals surface area contributed by atoms with Gasteiger partial charge in [0, 0.05) is 17.9 Å². The van der Waals surface area contributed by atoms with Gasteiger partial charge in [-0.25, -0.2) is 4.79 Å². The number of methoxy groups -OCH3 is 1. The van der Waals surface area contributed by atoms with E-state index in [2.05, 4.69) is 10.2 Å². The van der Waals surface area contributed by atoms with Crippen molar-refractivity contribution in [3.63, 3.8) is 0 Å². The van der Waals surface area contributed by atoms with Crippen molar-refractivity contribution in [1.82, 2.24) is 10.2 Å². The van der Waals surface area contributed by atoms with E-state index < -0.39 is 29.1 Å². The van der Waals surface area contributed by atoms with E-state index in [0.717, 1.165) is 0 Å². The van der Waals surface area contributed by atoms with E-state index in [4.69, 9.17) is 10.5 Å². The predicted octanol–water partition coefficient (Wildman–Crippen LogP) is 1.83. The summed E-state index contributed by atoms with van der Waals surface area (Å²) in [5, 5.41) is 24.8. The zero-order valence-corrected chi connectivity index (χ0v) is 18.6. The van der Waals surface area contributed by atoms with Crippen LogP contribution in [0.4, 0.5) is 4.79 Å². The molecule has 0 radical (unpaired) electrons. The predicted molar refractivity (Wildman–Crippen MR) is 114 cm³/mol. The molecule has 0 aromatic heterocycles. The van der Waals surface area contributed by atoms with Gasteiger partial charge >= 0.3 is 6.03 Å². The first-order valence-electron chi connectivity index (χ1n) is 10.4. The number of carbonyl (C=O) groups is 2. The quantitative estimate of drug-likeness (QED) is 0.532. The van der Waals surface area contributed by atoms with Crippen LogP contribution in [0, 0.1) is 0 Å². The summed E-state index contributed by atoms with van der Waals surface area (Å²) in [6.07, 6.45) is 0.643. The molecule has 3 amide bonds. The molecule has 2 rings (SSSR count). The highest BCUT2D eigenvalue weighted by atomic mass is 16.5. The number of benzene rings is 1. The maximum atomic E-state index is 12.8. The van der Waals surface area contributed by atoms with Gasteiger partial charge in [0.25, 0.3) is 0 Å². The van der Waals surface area contributed by atoms with Gasteiger partial charge in [0.15, 0.2) is 0 Å². The van der Waals surface area contributed by atoms with Crippen LogP contribution in [0.1, 0.15) is 63.7 Å². The second-order valence-corrected chi connectivity index (χ2v) is 8.38. The maximum absolute atomic E-state index is 12.8. The Hall–Kier alpha value is -2.16. The van der Waals surface area contributed by atoms with Crippen molar-refractivity contribution in [2.45, 2.75) is 69.6 Å². The Morgan fingerprint density at radius 2 is 2.10 bits per heavy atom. The number of amides is 3. The maximum Gasteiger partial charge on any atom is 0.318 e. The van der Waals surface area contributed by atoms with Crippen LogP contribution in [-0.4, -0.2) is 59.4 Å². The summed E-state index contributed by atoms with van der Waals surface area (Å²) in [6.45, 7) is 6.21. The van der Waals surface area contributed by atoms with E-state index in [1.807, 2.05) is 20.9 Å². The van der Waals surface area contributed by atoms with Crippen LogP contribution in [-0.2, 0) is 10.2 Å². The molecule has 1 aliphatic rings. The van der Waals surface area contributed by atoms with Crippen molar-refractivity contribution >= 4 is 11.9 Å². The van der Waals surface area contributed by atoms with Gasteiger partial charge < -0.3 is 25.6 Å². The molecule has 0 saturated carbocycles. The Labute approximate surface area is 178 Å². The second kappa shape index (κ2) is 9.32. The number of likely N-dealkylation sites (N-methyl/N-ethyl adjacent to an activating group) is 1. The molecule has 1 heterocycles. The third-order valence-corrected chi connectivity index (χ3v) is 6.65. The zero-order valence-electron chi connectivity index (χ0n) is 18.6. The van der Waals surface area contributed by atoms with E-state index in [1.165, 1.54) is 0 Å². The molecule has 0 bridgehead atoms. The number of ether oxygens (including phenoxy) is 1. The third kappa shape index (κ3) is 4.31. The molecule has 1 saturated heterocycles. The molecule has 1 fully saturated rings. The fraction of sp³-hybridized carbons (Fsp3) is 0.636. The van der Waals surface area contributed by atoms with Crippen molar-refractivity contribution < 1.29 is 24.5 Å². The second-order valence-electron chi connectivity index (χ2n) is 8.38. The van der Waals surface area contributed by atoms with Crippen molar-refractivity contribution in [3.8, 4) is 5.75 Å². The monoisotopic (exact) mass is 421 g/mol. The van der Waals surface area contributed by atoms with Gasteiger partial charge in [-0.15, -0.1) is 0 Å². The number of carbonyl (C=O) groups excluding carboxylic acids is 2. The number of nitrogens with one attached hydrogen (secondary N) is 1. The molecule has 1 aliphatic heterocycles. The number of likely N-dealkylation sites (tertiary alicyclic amines) is 1. The van der Waals surface area contributed by atoms with E-state index >= 15 is 0 Å². The molecule has 8 heteroatoms. The topological polar surface area (TPSA) is 125 Å². The number of hydrogen-bond donors (Lipinski definition) is 4. The van der Waals surface area contributed by atoms with Crippen LogP contribution in [0.15, 0.2) is 18.2 Å². The normalized spacial score (nSPS) is 28.0. The van der Waals surface area contributed by atoms with Gasteiger partial charge in [0.1, 0.15) is 5.75 Å². The summed E-state index contributed by atoms with van der Waals surface area (Å²) in [4.78, 5) is 26.2. The van der Waals surface area contributed by atoms with Crippen LogP contribution >= 0.6 is 0 Å². The first kappa shape index (κ1) is 24.1. The fourth-order valence-electron chi connectivity index (χ4n) is 4.97. The molecule has 4 unspecified atom stereocenters. The van der Waals surface area contributed by atoms with Crippen molar-refractivity contribution in [2.24, 2.45) is 5.73 Å². The van der Waals surface area contributed by atoms with Crippen molar-refractivity contribution in [3.05, 3.63) is 29.3 Å². The average molecular weight is 422 g/mol. The molecule has 0 spiro atoms. The standard InChI is InChI=1S/C22H35N3O5/c1-6-9-22(29)15(3)25(4)11-10-21(22,13-19(27)24-20(23)28)18-12-16(30-5)7-8-17(18)14(2)26/h7-8,12,14-15,26,29H,6,9-11,13H2,1-5H3,(H3,23,24,27,28). The summed E-state index contributed by atoms with van der Waals surface area (Å²) in [5.74, 6) is 0.00246. The van der Waals surface area contributed by atoms with Crippen molar-refractivity contribution in [2.75, 3.05) is 20.7 Å². The van der Waals surface area contributed by atoms with Gasteiger partial charge in [0.05, 0.1) is 18.8 Å². The number of primary amides is 1. The van der Waals surface area contributed by atoms with E-state index in [1.54, 1.807) is 32.2 Å². The molecular weight excluding hydrogens is 386 g/mol. The van der Waals surface area contributed by atoms with Crippen molar-refractivity contribution in [1.29, 1.82) is 0 Å². The Morgan fingerprint density at radius 1 is 1.43 bits per heavy atom. The van der Waals surface area contributed by atoms with Gasteiger partial charge in [-0.05, 0) is 63.5 Å². The Kier molecular flexibility index (Phi) is 7.49. The number of urea groups is 1. The van der Waals surface area contributed by atoms with E-state index in [9.17, 15) is 19.8 Å². The van der Waals surface area contributed by atoms with Crippen LogP contribution in [0.25, 0.3) is 0 Å². The summed E-state index contributed by atoms with van der Waals surface area (Å²) in [7, 11) is 3.49. The number of imide groups is 1. The van der Waals surface area contributed by atoms with Crippen LogP contribution in [0.2, 0.25) is 0 Å². The number of hydrogen-bond acceptors (Lipinski definition) is 6. The Balaban J connectivity index is 2.80. The highest BCUT2D eigenvalue weighted by molar-refractivity contribution is 5.94. The first-order valence-corrected chi connectivity index (χ1v) is 10.4. The molecule has 4 atom stereocenters. The molecular formula is C22H35N3O5. The number of nitrogens with two attached hydrogens (primary N) is 1. The summed E-state index contributed by atoms with van der Waals surface area (Å²) in [6, 6.07) is 4.11. The average Bonchev–Trinajstić information content (AvgIpc) is 2.68. The molecule has 168 valence electrons. The minimum absolute atomic E-state index is 0.141. The summed E-state index contributed by atoms with van der Waals surface area (Å²) < 4.78 is 5.42. The lowest BCUT2D eigenvalue weighted by Gasteiger charge is -2.57. The van der Waals surface area contributed by atoms with Gasteiger partial charge in [0.2, 0.25) is 5.91 Å². The number of aliphatic hydroxyl groups is 2.